The Balaban J connectivity index is 2.01. The first-order valence-electron chi connectivity index (χ1n) is 6.12. The number of halogens is 1. The van der Waals surface area contributed by atoms with E-state index in [4.69, 9.17) is 25.5 Å². The number of fused-ring (bicyclic) bond motifs is 1. The highest BCUT2D eigenvalue weighted by Crippen LogP contribution is 2.34. The molecule has 0 aliphatic carbocycles. The van der Waals surface area contributed by atoms with Gasteiger partial charge in [0.1, 0.15) is 18.1 Å². The molecule has 0 aliphatic rings. The summed E-state index contributed by atoms with van der Waals surface area (Å²) in [5, 5.41) is 1.47. The molecule has 0 amide bonds. The molecule has 20 heavy (non-hydrogen) atoms. The molecule has 101 valence electrons. The fourth-order valence-electron chi connectivity index (χ4n) is 1.98. The minimum absolute atomic E-state index is 0.426. The molecule has 0 saturated heterocycles. The first-order chi connectivity index (χ1) is 9.78. The standard InChI is InChI=1S/C16H12ClO3/c1-18-10-12-9-11-5-4-8-15(16(11)19-12)20-14-7-3-2-6-13(14)17/h3-9H,10H2,1H3. The summed E-state index contributed by atoms with van der Waals surface area (Å²) in [5.41, 5.74) is 0.684. The van der Waals surface area contributed by atoms with Gasteiger partial charge in [0.25, 0.3) is 0 Å². The van der Waals surface area contributed by atoms with E-state index in [0.29, 0.717) is 28.7 Å². The molecule has 0 fully saturated rings. The molecule has 0 atom stereocenters. The Morgan fingerprint density at radius 2 is 2.15 bits per heavy atom. The van der Waals surface area contributed by atoms with Gasteiger partial charge >= 0.3 is 0 Å². The number of furan rings is 1. The van der Waals surface area contributed by atoms with Crippen molar-refractivity contribution in [3.8, 4) is 11.5 Å². The van der Waals surface area contributed by atoms with E-state index in [9.17, 15) is 0 Å². The first-order valence-corrected chi connectivity index (χ1v) is 6.49. The van der Waals surface area contributed by atoms with Gasteiger partial charge in [-0.15, -0.1) is 0 Å². The summed E-state index contributed by atoms with van der Waals surface area (Å²) in [7, 11) is 1.63. The molecule has 0 aliphatic heterocycles. The predicted octanol–water partition coefficient (Wildman–Crippen LogP) is 4.83. The van der Waals surface area contributed by atoms with E-state index in [1.165, 1.54) is 0 Å². The van der Waals surface area contributed by atoms with Crippen LogP contribution in [0.1, 0.15) is 5.76 Å². The van der Waals surface area contributed by atoms with Crippen LogP contribution in [0.4, 0.5) is 0 Å². The van der Waals surface area contributed by atoms with Crippen molar-refractivity contribution in [1.29, 1.82) is 0 Å². The number of rotatable bonds is 4. The second-order valence-electron chi connectivity index (χ2n) is 4.28. The summed E-state index contributed by atoms with van der Waals surface area (Å²) >= 11 is 6.07. The Labute approximate surface area is 121 Å². The second kappa shape index (κ2) is 5.57. The van der Waals surface area contributed by atoms with Crippen molar-refractivity contribution in [2.75, 3.05) is 7.11 Å². The van der Waals surface area contributed by atoms with Gasteiger partial charge < -0.3 is 13.9 Å². The highest BCUT2D eigenvalue weighted by atomic mass is 35.5. The van der Waals surface area contributed by atoms with Crippen molar-refractivity contribution < 1.29 is 13.9 Å². The minimum atomic E-state index is 0.426. The maximum Gasteiger partial charge on any atom is 0.176 e. The molecule has 3 rings (SSSR count). The molecule has 0 N–H and O–H groups in total. The van der Waals surface area contributed by atoms with Crippen LogP contribution in [0.25, 0.3) is 11.0 Å². The third-order valence-corrected chi connectivity index (χ3v) is 3.14. The van der Waals surface area contributed by atoms with Crippen LogP contribution >= 0.6 is 11.6 Å². The van der Waals surface area contributed by atoms with Crippen LogP contribution in [0.3, 0.4) is 0 Å². The highest BCUT2D eigenvalue weighted by molar-refractivity contribution is 6.32. The lowest BCUT2D eigenvalue weighted by atomic mass is 10.2. The van der Waals surface area contributed by atoms with Crippen LogP contribution in [0.15, 0.2) is 46.9 Å². The van der Waals surface area contributed by atoms with Crippen molar-refractivity contribution in [2.45, 2.75) is 6.61 Å². The maximum absolute atomic E-state index is 6.07. The lowest BCUT2D eigenvalue weighted by Gasteiger charge is -2.07. The van der Waals surface area contributed by atoms with Gasteiger partial charge in [0, 0.05) is 12.5 Å². The Hall–Kier alpha value is -1.97. The third-order valence-electron chi connectivity index (χ3n) is 2.84. The molecule has 0 unspecified atom stereocenters. The second-order valence-corrected chi connectivity index (χ2v) is 4.69. The van der Waals surface area contributed by atoms with E-state index in [1.54, 1.807) is 25.3 Å². The Kier molecular flexibility index (Phi) is 3.63. The molecule has 0 bridgehead atoms. The molecule has 0 spiro atoms. The summed E-state index contributed by atoms with van der Waals surface area (Å²) in [4.78, 5) is 0. The smallest absolute Gasteiger partial charge is 0.176 e. The van der Waals surface area contributed by atoms with E-state index in [0.717, 1.165) is 11.1 Å². The number of hydrogen-bond acceptors (Lipinski definition) is 3. The Morgan fingerprint density at radius 3 is 2.95 bits per heavy atom. The van der Waals surface area contributed by atoms with Crippen molar-refractivity contribution in [1.82, 2.24) is 0 Å². The van der Waals surface area contributed by atoms with E-state index < -0.39 is 0 Å². The van der Waals surface area contributed by atoms with Gasteiger partial charge in [-0.1, -0.05) is 29.8 Å². The zero-order chi connectivity index (χ0) is 13.9. The van der Waals surface area contributed by atoms with Crippen molar-refractivity contribution in [2.24, 2.45) is 0 Å². The van der Waals surface area contributed by atoms with Crippen molar-refractivity contribution in [3.63, 3.8) is 0 Å². The summed E-state index contributed by atoms with van der Waals surface area (Å²) in [6, 6.07) is 15.7. The van der Waals surface area contributed by atoms with Gasteiger partial charge in [-0.25, -0.2) is 0 Å². The largest absolute Gasteiger partial charge is 0.455 e. The molecule has 1 radical (unpaired) electrons. The Morgan fingerprint density at radius 1 is 1.25 bits per heavy atom. The number of benzene rings is 2. The summed E-state index contributed by atoms with van der Waals surface area (Å²) in [6.45, 7) is 0.426. The van der Waals surface area contributed by atoms with Crippen molar-refractivity contribution in [3.05, 3.63) is 59.3 Å². The number of hydrogen-bond donors (Lipinski definition) is 0. The van der Waals surface area contributed by atoms with Gasteiger partial charge in [-0.05, 0) is 30.3 Å². The van der Waals surface area contributed by atoms with Crippen LogP contribution in [0.5, 0.6) is 11.5 Å². The van der Waals surface area contributed by atoms with Gasteiger partial charge in [-0.2, -0.15) is 0 Å². The summed E-state index contributed by atoms with van der Waals surface area (Å²) in [5.74, 6) is 1.95. The van der Waals surface area contributed by atoms with Crippen LogP contribution in [-0.2, 0) is 11.3 Å². The zero-order valence-electron chi connectivity index (χ0n) is 10.9. The van der Waals surface area contributed by atoms with Crippen molar-refractivity contribution >= 4 is 22.6 Å². The SMILES string of the molecule is COCc1cc2cccc(Oc3cc[c]cc3Cl)c2o1. The Bertz CT molecular complexity index is 733. The number of ether oxygens (including phenoxy) is 2. The molecule has 1 aromatic heterocycles. The highest BCUT2D eigenvalue weighted by Gasteiger charge is 2.11. The van der Waals surface area contributed by atoms with Crippen LogP contribution in [-0.4, -0.2) is 7.11 Å². The number of para-hydroxylation sites is 1. The minimum Gasteiger partial charge on any atom is -0.455 e. The average Bonchev–Trinajstić information content (AvgIpc) is 2.85. The van der Waals surface area contributed by atoms with Crippen LogP contribution < -0.4 is 4.74 Å². The fourth-order valence-corrected chi connectivity index (χ4v) is 2.15. The fraction of sp³-hybridized carbons (Fsp3) is 0.125. The third kappa shape index (κ3) is 2.50. The van der Waals surface area contributed by atoms with E-state index >= 15 is 0 Å². The first kappa shape index (κ1) is 13.0. The normalized spacial score (nSPS) is 10.9. The van der Waals surface area contributed by atoms with E-state index in [-0.39, 0.29) is 0 Å². The van der Waals surface area contributed by atoms with Gasteiger partial charge in [0.15, 0.2) is 11.3 Å². The zero-order valence-corrected chi connectivity index (χ0v) is 11.6. The molecular weight excluding hydrogens is 276 g/mol. The van der Waals surface area contributed by atoms with E-state index in [1.807, 2.05) is 24.3 Å². The predicted molar refractivity (Wildman–Crippen MR) is 77.3 cm³/mol. The lowest BCUT2D eigenvalue weighted by Crippen LogP contribution is -1.85. The molecule has 0 saturated carbocycles. The van der Waals surface area contributed by atoms with Gasteiger partial charge in [-0.3, -0.25) is 0 Å². The average molecular weight is 288 g/mol. The van der Waals surface area contributed by atoms with Crippen LogP contribution in [0.2, 0.25) is 5.02 Å². The maximum atomic E-state index is 6.07. The monoisotopic (exact) mass is 287 g/mol. The molecule has 1 heterocycles. The summed E-state index contributed by atoms with van der Waals surface area (Å²) < 4.78 is 16.7. The quantitative estimate of drug-likeness (QED) is 0.689. The molecule has 3 aromatic rings. The molecule has 2 aromatic carbocycles. The lowest BCUT2D eigenvalue weighted by molar-refractivity contribution is 0.166. The van der Waals surface area contributed by atoms with E-state index in [2.05, 4.69) is 6.07 Å². The van der Waals surface area contributed by atoms with Gasteiger partial charge in [0.05, 0.1) is 5.02 Å². The van der Waals surface area contributed by atoms with Gasteiger partial charge in [0.2, 0.25) is 0 Å². The summed E-state index contributed by atoms with van der Waals surface area (Å²) in [6.07, 6.45) is 0. The topological polar surface area (TPSA) is 31.6 Å². The van der Waals surface area contributed by atoms with Crippen LogP contribution in [0, 0.1) is 6.07 Å². The molecular formula is C16H12ClO3. The molecule has 3 nitrogen and oxygen atoms in total. The molecule has 4 heteroatoms. The number of methoxy groups -OCH3 is 1.